The van der Waals surface area contributed by atoms with Crippen molar-refractivity contribution in [3.63, 3.8) is 0 Å². The van der Waals surface area contributed by atoms with Crippen molar-refractivity contribution < 1.29 is 29.2 Å². The average molecular weight is 539 g/mol. The molecule has 2 N–H and O–H groups in total. The molecule has 1 saturated heterocycles. The largest absolute Gasteiger partial charge is 0.455 e. The van der Waals surface area contributed by atoms with Crippen molar-refractivity contribution in [3.8, 4) is 0 Å². The van der Waals surface area contributed by atoms with Gasteiger partial charge in [0, 0.05) is 12.8 Å². The molecule has 1 aliphatic heterocycles. The summed E-state index contributed by atoms with van der Waals surface area (Å²) in [5.74, 6) is -0.900. The highest BCUT2D eigenvalue weighted by atomic mass is 16.6. The summed E-state index contributed by atoms with van der Waals surface area (Å²) in [6.07, 6.45) is -2.21. The van der Waals surface area contributed by atoms with Crippen LogP contribution in [-0.4, -0.2) is 46.2 Å². The van der Waals surface area contributed by atoms with Gasteiger partial charge in [0.05, 0.1) is 19.8 Å². The van der Waals surface area contributed by atoms with Crippen molar-refractivity contribution >= 4 is 5.97 Å². The van der Waals surface area contributed by atoms with E-state index in [-0.39, 0.29) is 26.1 Å². The molecule has 0 unspecified atom stereocenters. The van der Waals surface area contributed by atoms with E-state index < -0.39 is 29.4 Å². The van der Waals surface area contributed by atoms with Crippen molar-refractivity contribution in [3.05, 3.63) is 144 Å². The zero-order chi connectivity index (χ0) is 27.8. The van der Waals surface area contributed by atoms with E-state index in [1.54, 1.807) is 0 Å². The topological polar surface area (TPSA) is 85.2 Å². The minimum atomic E-state index is -2.28. The Morgan fingerprint density at radius 2 is 1.07 bits per heavy atom. The van der Waals surface area contributed by atoms with E-state index in [1.807, 2.05) is 121 Å². The Balaban J connectivity index is 1.50. The summed E-state index contributed by atoms with van der Waals surface area (Å²) in [6.45, 7) is 0.432. The van der Waals surface area contributed by atoms with Gasteiger partial charge in [-0.1, -0.05) is 121 Å². The van der Waals surface area contributed by atoms with Crippen molar-refractivity contribution in [2.75, 3.05) is 6.61 Å². The maximum absolute atomic E-state index is 13.6. The van der Waals surface area contributed by atoms with Crippen molar-refractivity contribution in [2.24, 2.45) is 0 Å². The number of rotatable bonds is 11. The number of aliphatic hydroxyl groups is 2. The number of carbonyl (C=O) groups is 1. The maximum atomic E-state index is 13.6. The molecule has 0 aliphatic carbocycles. The van der Waals surface area contributed by atoms with Gasteiger partial charge < -0.3 is 24.4 Å². The lowest BCUT2D eigenvalue weighted by molar-refractivity contribution is -0.284. The van der Waals surface area contributed by atoms with E-state index in [2.05, 4.69) is 0 Å². The van der Waals surface area contributed by atoms with Gasteiger partial charge in [0.1, 0.15) is 11.7 Å². The fraction of sp³-hybridized carbons (Fsp3) is 0.265. The minimum absolute atomic E-state index is 0.0153. The molecule has 5 rings (SSSR count). The van der Waals surface area contributed by atoms with Crippen LogP contribution in [0.15, 0.2) is 121 Å². The summed E-state index contributed by atoms with van der Waals surface area (Å²) in [5.41, 5.74) is -1.02. The molecule has 1 aliphatic rings. The normalized spacial score (nSPS) is 24.4. The number of hydrogen-bond acceptors (Lipinski definition) is 6. The number of benzene rings is 4. The molecular weight excluding hydrogens is 504 g/mol. The number of esters is 1. The van der Waals surface area contributed by atoms with Gasteiger partial charge in [-0.2, -0.15) is 0 Å². The van der Waals surface area contributed by atoms with E-state index in [4.69, 9.17) is 14.2 Å². The maximum Gasteiger partial charge on any atom is 0.342 e. The van der Waals surface area contributed by atoms with Crippen LogP contribution in [0.2, 0.25) is 0 Å². The second-order valence-electron chi connectivity index (χ2n) is 10.3. The van der Waals surface area contributed by atoms with Crippen molar-refractivity contribution in [1.82, 2.24) is 0 Å². The zero-order valence-electron chi connectivity index (χ0n) is 22.3. The molecule has 0 bridgehead atoms. The number of hydrogen-bond donors (Lipinski definition) is 2. The van der Waals surface area contributed by atoms with Crippen molar-refractivity contribution in [1.29, 1.82) is 0 Å². The van der Waals surface area contributed by atoms with Crippen molar-refractivity contribution in [2.45, 2.75) is 49.5 Å². The summed E-state index contributed by atoms with van der Waals surface area (Å²) in [7, 11) is 0. The Morgan fingerprint density at radius 3 is 1.60 bits per heavy atom. The third-order valence-electron chi connectivity index (χ3n) is 7.41. The van der Waals surface area contributed by atoms with Crippen LogP contribution in [0.25, 0.3) is 0 Å². The SMILES string of the molecule is O=C1O[C@H](COCc2ccccc2)[C@@H](OCc2ccccc2)[C@@](O)(Cc2ccccc2)[C@]1(O)Cc1ccccc1. The first kappa shape index (κ1) is 27.7. The van der Waals surface area contributed by atoms with Crippen LogP contribution < -0.4 is 0 Å². The summed E-state index contributed by atoms with van der Waals surface area (Å²) in [4.78, 5) is 13.6. The Kier molecular flexibility index (Phi) is 8.72. The van der Waals surface area contributed by atoms with Crippen LogP contribution in [0, 0.1) is 0 Å². The molecule has 4 atom stereocenters. The molecule has 6 nitrogen and oxygen atoms in total. The smallest absolute Gasteiger partial charge is 0.342 e. The second-order valence-corrected chi connectivity index (χ2v) is 10.3. The quantitative estimate of drug-likeness (QED) is 0.270. The third-order valence-corrected chi connectivity index (χ3v) is 7.41. The van der Waals surface area contributed by atoms with Crippen LogP contribution in [0.3, 0.4) is 0 Å². The molecule has 0 spiro atoms. The van der Waals surface area contributed by atoms with Gasteiger partial charge in [-0.25, -0.2) is 4.79 Å². The molecule has 206 valence electrons. The highest BCUT2D eigenvalue weighted by Crippen LogP contribution is 2.42. The molecule has 1 heterocycles. The molecule has 0 aromatic heterocycles. The van der Waals surface area contributed by atoms with Crippen LogP contribution >= 0.6 is 0 Å². The predicted molar refractivity (Wildman–Crippen MR) is 151 cm³/mol. The van der Waals surface area contributed by atoms with Gasteiger partial charge in [-0.05, 0) is 22.3 Å². The first-order valence-corrected chi connectivity index (χ1v) is 13.5. The molecule has 4 aromatic carbocycles. The number of cyclic esters (lactones) is 1. The number of carbonyl (C=O) groups excluding carboxylic acids is 1. The molecule has 0 radical (unpaired) electrons. The van der Waals surface area contributed by atoms with E-state index in [0.29, 0.717) is 12.2 Å². The number of ether oxygens (including phenoxy) is 3. The van der Waals surface area contributed by atoms with Gasteiger partial charge in [0.25, 0.3) is 0 Å². The first-order chi connectivity index (χ1) is 19.5. The first-order valence-electron chi connectivity index (χ1n) is 13.5. The molecule has 0 saturated carbocycles. The van der Waals surface area contributed by atoms with E-state index in [1.165, 1.54) is 0 Å². The van der Waals surface area contributed by atoms with Crippen LogP contribution in [0.5, 0.6) is 0 Å². The summed E-state index contributed by atoms with van der Waals surface area (Å²) < 4.78 is 18.2. The standard InChI is InChI=1S/C34H34O6/c35-32-34(37,22-27-15-7-2-8-16-27)33(36,21-26-13-5-1-6-14-26)31(39-24-29-19-11-4-12-20-29)30(40-32)25-38-23-28-17-9-3-10-18-28/h1-20,30-31,36-37H,21-25H2/t30-,31-,33+,34+/m1/s1. The van der Waals surface area contributed by atoms with Gasteiger partial charge in [0.2, 0.25) is 0 Å². The zero-order valence-corrected chi connectivity index (χ0v) is 22.3. The monoisotopic (exact) mass is 538 g/mol. The summed E-state index contributed by atoms with van der Waals surface area (Å²) in [5, 5.41) is 24.7. The van der Waals surface area contributed by atoms with Gasteiger partial charge in [-0.15, -0.1) is 0 Å². The Bertz CT molecular complexity index is 1350. The fourth-order valence-corrected chi connectivity index (χ4v) is 5.28. The Hall–Kier alpha value is -3.81. The third kappa shape index (κ3) is 6.16. The molecule has 40 heavy (non-hydrogen) atoms. The second kappa shape index (κ2) is 12.6. The highest BCUT2D eigenvalue weighted by Gasteiger charge is 2.66. The lowest BCUT2D eigenvalue weighted by atomic mass is 9.68. The van der Waals surface area contributed by atoms with E-state index in [0.717, 1.165) is 16.7 Å². The van der Waals surface area contributed by atoms with Gasteiger partial charge >= 0.3 is 5.97 Å². The summed E-state index contributed by atoms with van der Waals surface area (Å²) in [6, 6.07) is 37.7. The minimum Gasteiger partial charge on any atom is -0.455 e. The lowest BCUT2D eigenvalue weighted by Gasteiger charge is -2.52. The van der Waals surface area contributed by atoms with E-state index >= 15 is 0 Å². The molecule has 0 amide bonds. The average Bonchev–Trinajstić information content (AvgIpc) is 2.98. The molecule has 1 fully saturated rings. The van der Waals surface area contributed by atoms with Crippen LogP contribution in [0.1, 0.15) is 22.3 Å². The Labute approximate surface area is 234 Å². The van der Waals surface area contributed by atoms with Gasteiger partial charge in [-0.3, -0.25) is 0 Å². The van der Waals surface area contributed by atoms with Crippen LogP contribution in [0.4, 0.5) is 0 Å². The fourth-order valence-electron chi connectivity index (χ4n) is 5.28. The molecule has 6 heteroatoms. The van der Waals surface area contributed by atoms with E-state index in [9.17, 15) is 15.0 Å². The lowest BCUT2D eigenvalue weighted by Crippen LogP contribution is -2.75. The van der Waals surface area contributed by atoms with Gasteiger partial charge in [0.15, 0.2) is 11.7 Å². The predicted octanol–water partition coefficient (Wildman–Crippen LogP) is 4.66. The molecule has 4 aromatic rings. The Morgan fingerprint density at radius 1 is 0.625 bits per heavy atom. The van der Waals surface area contributed by atoms with Crippen LogP contribution in [-0.2, 0) is 45.1 Å². The molecular formula is C34H34O6. The summed E-state index contributed by atoms with van der Waals surface area (Å²) >= 11 is 0. The highest BCUT2D eigenvalue weighted by molar-refractivity contribution is 5.83.